The van der Waals surface area contributed by atoms with Crippen molar-refractivity contribution in [2.75, 3.05) is 10.5 Å². The minimum atomic E-state index is -3.64. The van der Waals surface area contributed by atoms with E-state index < -0.39 is 10.0 Å². The Morgan fingerprint density at radius 2 is 1.67 bits per heavy atom. The van der Waals surface area contributed by atoms with E-state index in [2.05, 4.69) is 4.72 Å². The van der Waals surface area contributed by atoms with E-state index in [-0.39, 0.29) is 4.90 Å². The molecule has 4 nitrogen and oxygen atoms in total. The second-order valence-electron chi connectivity index (χ2n) is 4.84. The van der Waals surface area contributed by atoms with Crippen LogP contribution in [0, 0.1) is 0 Å². The van der Waals surface area contributed by atoms with Crippen LogP contribution in [0.2, 0.25) is 0 Å². The monoisotopic (exact) mass is 304 g/mol. The van der Waals surface area contributed by atoms with Crippen LogP contribution >= 0.6 is 0 Å². The smallest absolute Gasteiger partial charge is 0.262 e. The Bertz CT molecular complexity index is 740. The average Bonchev–Trinajstić information content (AvgIpc) is 2.47. The molecule has 0 atom stereocenters. The first-order chi connectivity index (χ1) is 9.97. The summed E-state index contributed by atoms with van der Waals surface area (Å²) in [5.41, 5.74) is 8.51. The third-order valence-corrected chi connectivity index (χ3v) is 4.85. The topological polar surface area (TPSA) is 72.2 Å². The molecule has 0 bridgehead atoms. The maximum atomic E-state index is 12.6. The third-order valence-electron chi connectivity index (χ3n) is 3.40. The average molecular weight is 304 g/mol. The highest BCUT2D eigenvalue weighted by molar-refractivity contribution is 7.92. The summed E-state index contributed by atoms with van der Waals surface area (Å²) in [6, 6.07) is 12.4. The van der Waals surface area contributed by atoms with Gasteiger partial charge in [0.15, 0.2) is 0 Å². The molecule has 0 saturated carbocycles. The molecule has 0 unspecified atom stereocenters. The van der Waals surface area contributed by atoms with Crippen LogP contribution in [0.1, 0.15) is 25.0 Å². The normalized spacial score (nSPS) is 11.3. The second-order valence-corrected chi connectivity index (χ2v) is 6.49. The number of hydrogen-bond donors (Lipinski definition) is 2. The zero-order chi connectivity index (χ0) is 15.5. The molecule has 0 saturated heterocycles. The quantitative estimate of drug-likeness (QED) is 0.833. The van der Waals surface area contributed by atoms with E-state index in [4.69, 9.17) is 5.73 Å². The van der Waals surface area contributed by atoms with E-state index in [0.717, 1.165) is 17.5 Å². The molecule has 3 N–H and O–H groups in total. The summed E-state index contributed by atoms with van der Waals surface area (Å²) in [6.07, 6.45) is 1.39. The summed E-state index contributed by atoms with van der Waals surface area (Å²) >= 11 is 0. The van der Waals surface area contributed by atoms with Crippen molar-refractivity contribution < 1.29 is 8.42 Å². The van der Waals surface area contributed by atoms with Gasteiger partial charge in [-0.2, -0.15) is 0 Å². The van der Waals surface area contributed by atoms with Gasteiger partial charge in [-0.1, -0.05) is 38.1 Å². The number of benzene rings is 2. The summed E-state index contributed by atoms with van der Waals surface area (Å²) in [5.74, 6) is 0. The number of nitrogens with two attached hydrogens (primary N) is 1. The van der Waals surface area contributed by atoms with E-state index in [0.29, 0.717) is 17.8 Å². The SMILES string of the molecule is CCc1ccccc1NS(=O)(=O)c1cc(N)ccc1CC. The molecule has 0 heterocycles. The fraction of sp³-hybridized carbons (Fsp3) is 0.250. The summed E-state index contributed by atoms with van der Waals surface area (Å²) in [6.45, 7) is 3.91. The molecule has 0 amide bonds. The van der Waals surface area contributed by atoms with Gasteiger partial charge in [0, 0.05) is 5.69 Å². The van der Waals surface area contributed by atoms with Crippen LogP contribution < -0.4 is 10.5 Å². The van der Waals surface area contributed by atoms with Gasteiger partial charge in [-0.25, -0.2) is 8.42 Å². The Morgan fingerprint density at radius 3 is 2.33 bits per heavy atom. The van der Waals surface area contributed by atoms with Gasteiger partial charge in [-0.3, -0.25) is 4.72 Å². The number of sulfonamides is 1. The van der Waals surface area contributed by atoms with E-state index in [9.17, 15) is 8.42 Å². The summed E-state index contributed by atoms with van der Waals surface area (Å²) in [4.78, 5) is 0.246. The van der Waals surface area contributed by atoms with Gasteiger partial charge in [0.2, 0.25) is 0 Å². The van der Waals surface area contributed by atoms with Crippen LogP contribution in [0.4, 0.5) is 11.4 Å². The summed E-state index contributed by atoms with van der Waals surface area (Å²) < 4.78 is 27.9. The van der Waals surface area contributed by atoms with Crippen molar-refractivity contribution in [1.82, 2.24) is 0 Å². The van der Waals surface area contributed by atoms with Crippen molar-refractivity contribution in [2.45, 2.75) is 31.6 Å². The Hall–Kier alpha value is -2.01. The maximum Gasteiger partial charge on any atom is 0.262 e. The Morgan fingerprint density at radius 1 is 1.00 bits per heavy atom. The van der Waals surface area contributed by atoms with Crippen molar-refractivity contribution in [2.24, 2.45) is 0 Å². The fourth-order valence-corrected chi connectivity index (χ4v) is 3.69. The van der Waals surface area contributed by atoms with Gasteiger partial charge in [0.1, 0.15) is 0 Å². The molecule has 0 radical (unpaired) electrons. The standard InChI is InChI=1S/C16H20N2O2S/c1-3-12-7-5-6-8-15(12)18-21(19,20)16-11-14(17)10-9-13(16)4-2/h5-11,18H,3-4,17H2,1-2H3. The van der Waals surface area contributed by atoms with Crippen LogP contribution in [-0.4, -0.2) is 8.42 Å². The third kappa shape index (κ3) is 3.36. The molecule has 0 spiro atoms. The lowest BCUT2D eigenvalue weighted by Crippen LogP contribution is -2.16. The van der Waals surface area contributed by atoms with Gasteiger partial charge < -0.3 is 5.73 Å². The zero-order valence-electron chi connectivity index (χ0n) is 12.3. The van der Waals surface area contributed by atoms with Gasteiger partial charge in [-0.15, -0.1) is 0 Å². The van der Waals surface area contributed by atoms with Crippen molar-refractivity contribution in [3.63, 3.8) is 0 Å². The number of anilines is 2. The number of nitrogen functional groups attached to an aromatic ring is 1. The lowest BCUT2D eigenvalue weighted by Gasteiger charge is -2.14. The molecule has 0 aliphatic rings. The van der Waals surface area contributed by atoms with Crippen LogP contribution in [0.5, 0.6) is 0 Å². The number of aryl methyl sites for hydroxylation is 2. The number of nitrogens with one attached hydrogen (secondary N) is 1. The van der Waals surface area contributed by atoms with Crippen LogP contribution in [0.3, 0.4) is 0 Å². The first kappa shape index (κ1) is 15.4. The molecule has 0 aliphatic carbocycles. The molecule has 0 aromatic heterocycles. The fourth-order valence-electron chi connectivity index (χ4n) is 2.24. The molecule has 0 fully saturated rings. The van der Waals surface area contributed by atoms with Gasteiger partial charge in [0.05, 0.1) is 10.6 Å². The molecule has 112 valence electrons. The molecule has 2 aromatic rings. The van der Waals surface area contributed by atoms with Crippen LogP contribution in [-0.2, 0) is 22.9 Å². The Balaban J connectivity index is 2.46. The number of rotatable bonds is 5. The summed E-state index contributed by atoms with van der Waals surface area (Å²) in [7, 11) is -3.64. The Kier molecular flexibility index (Phi) is 4.53. The first-order valence-corrected chi connectivity index (χ1v) is 8.45. The lowest BCUT2D eigenvalue weighted by molar-refractivity contribution is 0.600. The largest absolute Gasteiger partial charge is 0.399 e. The van der Waals surface area contributed by atoms with Crippen molar-refractivity contribution in [3.8, 4) is 0 Å². The summed E-state index contributed by atoms with van der Waals surface area (Å²) in [5, 5.41) is 0. The Labute approximate surface area is 126 Å². The maximum absolute atomic E-state index is 12.6. The first-order valence-electron chi connectivity index (χ1n) is 6.97. The van der Waals surface area contributed by atoms with Crippen molar-refractivity contribution in [1.29, 1.82) is 0 Å². The van der Waals surface area contributed by atoms with E-state index >= 15 is 0 Å². The number of para-hydroxylation sites is 1. The predicted octanol–water partition coefficient (Wildman–Crippen LogP) is 3.19. The second kappa shape index (κ2) is 6.18. The molecular formula is C16H20N2O2S. The van der Waals surface area contributed by atoms with E-state index in [1.807, 2.05) is 32.0 Å². The zero-order valence-corrected chi connectivity index (χ0v) is 13.1. The van der Waals surface area contributed by atoms with Gasteiger partial charge in [0.25, 0.3) is 10.0 Å². The van der Waals surface area contributed by atoms with Gasteiger partial charge >= 0.3 is 0 Å². The molecule has 2 rings (SSSR count). The molecule has 0 aliphatic heterocycles. The highest BCUT2D eigenvalue weighted by Crippen LogP contribution is 2.24. The van der Waals surface area contributed by atoms with Crippen molar-refractivity contribution >= 4 is 21.4 Å². The minimum absolute atomic E-state index is 0.246. The number of hydrogen-bond acceptors (Lipinski definition) is 3. The van der Waals surface area contributed by atoms with Crippen molar-refractivity contribution in [3.05, 3.63) is 53.6 Å². The molecular weight excluding hydrogens is 284 g/mol. The lowest BCUT2D eigenvalue weighted by atomic mass is 10.1. The van der Waals surface area contributed by atoms with E-state index in [1.54, 1.807) is 18.2 Å². The van der Waals surface area contributed by atoms with Gasteiger partial charge in [-0.05, 0) is 42.2 Å². The molecule has 2 aromatic carbocycles. The van der Waals surface area contributed by atoms with Crippen LogP contribution in [0.25, 0.3) is 0 Å². The minimum Gasteiger partial charge on any atom is -0.399 e. The highest BCUT2D eigenvalue weighted by atomic mass is 32.2. The highest BCUT2D eigenvalue weighted by Gasteiger charge is 2.19. The van der Waals surface area contributed by atoms with E-state index in [1.165, 1.54) is 6.07 Å². The molecule has 5 heteroatoms. The predicted molar refractivity (Wildman–Crippen MR) is 86.9 cm³/mol. The molecule has 21 heavy (non-hydrogen) atoms. The van der Waals surface area contributed by atoms with Crippen LogP contribution in [0.15, 0.2) is 47.4 Å².